The molecule has 29 heavy (non-hydrogen) atoms. The molecule has 0 atom stereocenters. The van der Waals surface area contributed by atoms with Crippen molar-refractivity contribution in [2.75, 3.05) is 6.61 Å². The molecule has 7 heteroatoms. The number of carbonyl (C=O) groups excluding carboxylic acids is 1. The molecule has 0 bridgehead atoms. The van der Waals surface area contributed by atoms with Crippen LogP contribution in [0, 0.1) is 0 Å². The van der Waals surface area contributed by atoms with E-state index in [2.05, 4.69) is 28.2 Å². The smallest absolute Gasteiger partial charge is 0.322 e. The fourth-order valence-corrected chi connectivity index (χ4v) is 5.59. The minimum absolute atomic E-state index is 0.175. The predicted molar refractivity (Wildman–Crippen MR) is 119 cm³/mol. The largest absolute Gasteiger partial charge is 0.465 e. The number of esters is 1. The highest BCUT2D eigenvalue weighted by atomic mass is 32.2. The molecule has 0 saturated carbocycles. The van der Waals surface area contributed by atoms with Gasteiger partial charge < -0.3 is 9.72 Å². The number of thioether (sulfide) groups is 1. The molecule has 0 amide bonds. The topological polar surface area (TPSA) is 72.0 Å². The van der Waals surface area contributed by atoms with Crippen LogP contribution in [-0.4, -0.2) is 27.3 Å². The number of hydrogen-bond acceptors (Lipinski definition) is 6. The van der Waals surface area contributed by atoms with Crippen LogP contribution in [0.5, 0.6) is 0 Å². The van der Waals surface area contributed by atoms with Crippen LogP contribution >= 0.6 is 23.1 Å². The van der Waals surface area contributed by atoms with Gasteiger partial charge in [0.15, 0.2) is 5.16 Å². The minimum Gasteiger partial charge on any atom is -0.465 e. The van der Waals surface area contributed by atoms with Crippen LogP contribution in [0.15, 0.2) is 33.5 Å². The quantitative estimate of drug-likeness (QED) is 0.353. The van der Waals surface area contributed by atoms with Crippen LogP contribution < -0.4 is 5.56 Å². The Morgan fingerprint density at radius 3 is 2.79 bits per heavy atom. The Morgan fingerprint density at radius 2 is 2.03 bits per heavy atom. The number of H-pyrrole nitrogens is 1. The second-order valence-electron chi connectivity index (χ2n) is 7.72. The van der Waals surface area contributed by atoms with Crippen molar-refractivity contribution in [3.05, 3.63) is 45.1 Å². The van der Waals surface area contributed by atoms with Gasteiger partial charge in [-0.2, -0.15) is 0 Å². The summed E-state index contributed by atoms with van der Waals surface area (Å²) in [6.07, 6.45) is 4.71. The lowest BCUT2D eigenvalue weighted by molar-refractivity contribution is -0.145. The van der Waals surface area contributed by atoms with Gasteiger partial charge in [-0.25, -0.2) is 4.98 Å². The van der Waals surface area contributed by atoms with Gasteiger partial charge >= 0.3 is 5.97 Å². The van der Waals surface area contributed by atoms with E-state index in [0.717, 1.165) is 24.0 Å². The molecule has 0 radical (unpaired) electrons. The van der Waals surface area contributed by atoms with Crippen molar-refractivity contribution in [3.8, 4) is 11.1 Å². The molecule has 4 rings (SSSR count). The third-order valence-corrected chi connectivity index (χ3v) is 7.14. The maximum absolute atomic E-state index is 12.9. The number of nitrogens with zero attached hydrogens (tertiary/aromatic N) is 1. The van der Waals surface area contributed by atoms with Crippen molar-refractivity contribution in [1.29, 1.82) is 0 Å². The highest BCUT2D eigenvalue weighted by Crippen LogP contribution is 2.36. The summed E-state index contributed by atoms with van der Waals surface area (Å²) in [4.78, 5) is 33.2. The van der Waals surface area contributed by atoms with E-state index in [-0.39, 0.29) is 11.5 Å². The predicted octanol–water partition coefficient (Wildman–Crippen LogP) is 4.96. The Hall–Kier alpha value is -2.12. The second-order valence-corrected chi connectivity index (χ2v) is 10.2. The van der Waals surface area contributed by atoms with Crippen LogP contribution in [0.2, 0.25) is 0 Å². The molecular weight excluding hydrogens is 404 g/mol. The number of nitrogens with one attached hydrogen (secondary N) is 1. The first-order valence-corrected chi connectivity index (χ1v) is 11.6. The van der Waals surface area contributed by atoms with Gasteiger partial charge in [-0.1, -0.05) is 30.0 Å². The number of aryl methyl sites for hydroxylation is 2. The molecule has 0 spiro atoms. The number of aromatic amines is 1. The molecule has 0 aliphatic heterocycles. The Kier molecular flexibility index (Phi) is 5.53. The molecule has 1 aromatic carbocycles. The van der Waals surface area contributed by atoms with Crippen LogP contribution in [0.4, 0.5) is 0 Å². The normalized spacial score (nSPS) is 14.0. The van der Waals surface area contributed by atoms with Gasteiger partial charge in [0.2, 0.25) is 0 Å². The lowest BCUT2D eigenvalue weighted by atomic mass is 9.89. The molecule has 0 unspecified atom stereocenters. The average Bonchev–Trinajstić information content (AvgIpc) is 3.12. The van der Waals surface area contributed by atoms with E-state index < -0.39 is 4.75 Å². The lowest BCUT2D eigenvalue weighted by Crippen LogP contribution is -2.30. The summed E-state index contributed by atoms with van der Waals surface area (Å²) in [5.41, 5.74) is 4.63. The van der Waals surface area contributed by atoms with E-state index in [1.165, 1.54) is 47.1 Å². The third-order valence-electron chi connectivity index (χ3n) is 5.20. The molecule has 2 aromatic heterocycles. The summed E-state index contributed by atoms with van der Waals surface area (Å²) in [6, 6.07) is 6.53. The van der Waals surface area contributed by atoms with Gasteiger partial charge in [-0.3, -0.25) is 9.59 Å². The van der Waals surface area contributed by atoms with Gasteiger partial charge in [0.25, 0.3) is 5.56 Å². The molecule has 3 aromatic rings. The number of ether oxygens (including phenoxy) is 1. The molecular formula is C22H24N2O3S2. The summed E-state index contributed by atoms with van der Waals surface area (Å²) < 4.78 is 4.29. The Labute approximate surface area is 177 Å². The maximum atomic E-state index is 12.9. The number of carbonyl (C=O) groups is 1. The second kappa shape index (κ2) is 7.95. The fourth-order valence-electron chi connectivity index (χ4n) is 3.68. The first-order chi connectivity index (χ1) is 13.9. The van der Waals surface area contributed by atoms with Crippen LogP contribution in [-0.2, 0) is 22.4 Å². The number of hydrogen-bond donors (Lipinski definition) is 1. The molecule has 1 aliphatic carbocycles. The molecule has 1 N–H and O–H groups in total. The fraction of sp³-hybridized carbons (Fsp3) is 0.409. The van der Waals surface area contributed by atoms with Gasteiger partial charge in [0.1, 0.15) is 9.58 Å². The summed E-state index contributed by atoms with van der Waals surface area (Å²) in [5, 5.41) is 3.05. The van der Waals surface area contributed by atoms with Crippen molar-refractivity contribution in [2.45, 2.75) is 56.4 Å². The van der Waals surface area contributed by atoms with E-state index in [1.54, 1.807) is 20.8 Å². The Morgan fingerprint density at radius 1 is 1.28 bits per heavy atom. The zero-order chi connectivity index (χ0) is 20.6. The van der Waals surface area contributed by atoms with Gasteiger partial charge in [-0.15, -0.1) is 11.3 Å². The third kappa shape index (κ3) is 3.98. The van der Waals surface area contributed by atoms with E-state index >= 15 is 0 Å². The van der Waals surface area contributed by atoms with Gasteiger partial charge in [0.05, 0.1) is 12.0 Å². The number of aromatic nitrogens is 2. The van der Waals surface area contributed by atoms with Crippen molar-refractivity contribution in [1.82, 2.24) is 9.97 Å². The summed E-state index contributed by atoms with van der Waals surface area (Å²) in [7, 11) is 0. The maximum Gasteiger partial charge on any atom is 0.322 e. The van der Waals surface area contributed by atoms with Gasteiger partial charge in [-0.05, 0) is 63.1 Å². The minimum atomic E-state index is -0.835. The van der Waals surface area contributed by atoms with E-state index in [4.69, 9.17) is 4.74 Å². The molecule has 0 saturated heterocycles. The standard InChI is InChI=1S/C22H24N2O3S2/c1-4-27-20(26)22(2,3)29-21-23-18(25)17-16(12-28-19(17)24-21)15-10-9-13-7-5-6-8-14(13)11-15/h9-12H,4-8H2,1-3H3,(H,23,24,25). The van der Waals surface area contributed by atoms with E-state index in [1.807, 2.05) is 5.38 Å². The highest BCUT2D eigenvalue weighted by Gasteiger charge is 2.32. The molecule has 0 fully saturated rings. The number of fused-ring (bicyclic) bond motifs is 2. The van der Waals surface area contributed by atoms with E-state index in [9.17, 15) is 9.59 Å². The van der Waals surface area contributed by atoms with Crippen LogP contribution in [0.3, 0.4) is 0 Å². The monoisotopic (exact) mass is 428 g/mol. The molecule has 5 nitrogen and oxygen atoms in total. The van der Waals surface area contributed by atoms with Gasteiger partial charge in [0, 0.05) is 10.9 Å². The Balaban J connectivity index is 1.70. The number of benzene rings is 1. The van der Waals surface area contributed by atoms with Crippen molar-refractivity contribution in [3.63, 3.8) is 0 Å². The summed E-state index contributed by atoms with van der Waals surface area (Å²) in [6.45, 7) is 5.64. The first kappa shape index (κ1) is 20.2. The summed E-state index contributed by atoms with van der Waals surface area (Å²) >= 11 is 2.67. The lowest BCUT2D eigenvalue weighted by Gasteiger charge is -2.20. The highest BCUT2D eigenvalue weighted by molar-refractivity contribution is 8.01. The van der Waals surface area contributed by atoms with Crippen molar-refractivity contribution < 1.29 is 9.53 Å². The zero-order valence-electron chi connectivity index (χ0n) is 16.8. The zero-order valence-corrected chi connectivity index (χ0v) is 18.5. The van der Waals surface area contributed by atoms with E-state index in [0.29, 0.717) is 22.0 Å². The number of rotatable bonds is 5. The summed E-state index contributed by atoms with van der Waals surface area (Å²) in [5.74, 6) is -0.325. The van der Waals surface area contributed by atoms with Crippen molar-refractivity contribution in [2.24, 2.45) is 0 Å². The molecule has 1 aliphatic rings. The number of thiophene rings is 1. The van der Waals surface area contributed by atoms with Crippen LogP contribution in [0.25, 0.3) is 21.3 Å². The average molecular weight is 429 g/mol. The molecule has 2 heterocycles. The SMILES string of the molecule is CCOC(=O)C(C)(C)Sc1nc2scc(-c3ccc4c(c3)CCCC4)c2c(=O)[nH]1. The van der Waals surface area contributed by atoms with Crippen molar-refractivity contribution >= 4 is 39.3 Å². The Bertz CT molecular complexity index is 1130. The first-order valence-electron chi connectivity index (χ1n) is 9.89. The molecule has 152 valence electrons. The van der Waals surface area contributed by atoms with Crippen LogP contribution in [0.1, 0.15) is 44.7 Å².